The lowest BCUT2D eigenvalue weighted by atomic mass is 10.1. The Morgan fingerprint density at radius 2 is 2.27 bits per heavy atom. The number of hydrogen-bond acceptors (Lipinski definition) is 7. The molecule has 0 saturated heterocycles. The first-order valence-electron chi connectivity index (χ1n) is 7.18. The second-order valence-corrected chi connectivity index (χ2v) is 6.04. The minimum absolute atomic E-state index is 0.0900. The van der Waals surface area contributed by atoms with E-state index >= 15 is 0 Å². The lowest BCUT2D eigenvalue weighted by molar-refractivity contribution is 0.226. The van der Waals surface area contributed by atoms with Crippen LogP contribution in [0.1, 0.15) is 19.8 Å². The van der Waals surface area contributed by atoms with Gasteiger partial charge in [0, 0.05) is 12.6 Å². The number of halogens is 1. The molecule has 22 heavy (non-hydrogen) atoms. The largest absolute Gasteiger partial charge is 0.444 e. The summed E-state index contributed by atoms with van der Waals surface area (Å²) in [7, 11) is 0. The molecule has 1 aliphatic carbocycles. The summed E-state index contributed by atoms with van der Waals surface area (Å²) in [6, 6.07) is 0.177. The maximum absolute atomic E-state index is 9.34. The SMILES string of the molecule is C[C@@H]1C[C@@H](CO)C[C@H]1Nc1nc(N)nc(Cl)c1-c1ncco1. The van der Waals surface area contributed by atoms with E-state index in [1.54, 1.807) is 0 Å². The number of nitrogens with zero attached hydrogens (tertiary/aromatic N) is 3. The van der Waals surface area contributed by atoms with E-state index < -0.39 is 0 Å². The molecule has 8 heteroatoms. The van der Waals surface area contributed by atoms with Crippen LogP contribution in [0.2, 0.25) is 5.15 Å². The molecule has 0 amide bonds. The maximum Gasteiger partial charge on any atom is 0.232 e. The number of anilines is 2. The Hall–Kier alpha value is -1.86. The van der Waals surface area contributed by atoms with E-state index in [1.807, 2.05) is 0 Å². The number of nitrogens with one attached hydrogen (secondary N) is 1. The van der Waals surface area contributed by atoms with Crippen LogP contribution in [0.15, 0.2) is 16.9 Å². The Morgan fingerprint density at radius 1 is 1.45 bits per heavy atom. The minimum Gasteiger partial charge on any atom is -0.444 e. The zero-order valence-corrected chi connectivity index (χ0v) is 12.9. The highest BCUT2D eigenvalue weighted by molar-refractivity contribution is 6.32. The van der Waals surface area contributed by atoms with Crippen molar-refractivity contribution >= 4 is 23.4 Å². The van der Waals surface area contributed by atoms with Crippen molar-refractivity contribution in [1.29, 1.82) is 0 Å². The summed E-state index contributed by atoms with van der Waals surface area (Å²) in [4.78, 5) is 12.3. The third kappa shape index (κ3) is 2.86. The zero-order valence-electron chi connectivity index (χ0n) is 12.2. The van der Waals surface area contributed by atoms with Crippen molar-refractivity contribution in [1.82, 2.24) is 15.0 Å². The Kier molecular flexibility index (Phi) is 4.17. The van der Waals surface area contributed by atoms with Crippen LogP contribution >= 0.6 is 11.6 Å². The van der Waals surface area contributed by atoms with Gasteiger partial charge in [0.15, 0.2) is 0 Å². The van der Waals surface area contributed by atoms with E-state index in [4.69, 9.17) is 21.8 Å². The molecule has 1 aliphatic rings. The van der Waals surface area contributed by atoms with E-state index in [1.165, 1.54) is 12.5 Å². The summed E-state index contributed by atoms with van der Waals surface area (Å²) in [5.74, 6) is 1.65. The van der Waals surface area contributed by atoms with Gasteiger partial charge in [-0.15, -0.1) is 0 Å². The first-order chi connectivity index (χ1) is 10.6. The molecule has 1 fully saturated rings. The molecule has 0 radical (unpaired) electrons. The quantitative estimate of drug-likeness (QED) is 0.739. The molecular formula is C14H18ClN5O2. The summed E-state index contributed by atoms with van der Waals surface area (Å²) in [6.45, 7) is 2.34. The van der Waals surface area contributed by atoms with Gasteiger partial charge in [-0.05, 0) is 24.7 Å². The average Bonchev–Trinajstić information content (AvgIpc) is 3.09. The molecular weight excluding hydrogens is 306 g/mol. The first-order valence-corrected chi connectivity index (χ1v) is 7.56. The van der Waals surface area contributed by atoms with Crippen molar-refractivity contribution in [3.8, 4) is 11.5 Å². The molecule has 2 heterocycles. The van der Waals surface area contributed by atoms with E-state index in [0.717, 1.165) is 12.8 Å². The number of aromatic nitrogens is 3. The van der Waals surface area contributed by atoms with E-state index in [9.17, 15) is 5.11 Å². The highest BCUT2D eigenvalue weighted by atomic mass is 35.5. The van der Waals surface area contributed by atoms with Crippen LogP contribution in [0, 0.1) is 11.8 Å². The predicted molar refractivity (Wildman–Crippen MR) is 83.3 cm³/mol. The van der Waals surface area contributed by atoms with Gasteiger partial charge in [0.1, 0.15) is 22.8 Å². The van der Waals surface area contributed by atoms with Crippen molar-refractivity contribution in [2.24, 2.45) is 11.8 Å². The molecule has 1 saturated carbocycles. The van der Waals surface area contributed by atoms with Gasteiger partial charge in [0.2, 0.25) is 11.8 Å². The number of oxazole rings is 1. The number of aliphatic hydroxyl groups is 1. The predicted octanol–water partition coefficient (Wildman–Crippen LogP) is 2.19. The molecule has 118 valence electrons. The summed E-state index contributed by atoms with van der Waals surface area (Å²) in [6.07, 6.45) is 4.83. The van der Waals surface area contributed by atoms with Gasteiger partial charge < -0.3 is 20.6 Å². The summed E-state index contributed by atoms with van der Waals surface area (Å²) < 4.78 is 5.32. The Bertz CT molecular complexity index is 649. The monoisotopic (exact) mass is 323 g/mol. The van der Waals surface area contributed by atoms with Crippen LogP contribution in [0.25, 0.3) is 11.5 Å². The molecule has 0 aliphatic heterocycles. The van der Waals surface area contributed by atoms with Crippen LogP contribution in [0.4, 0.5) is 11.8 Å². The van der Waals surface area contributed by atoms with Crippen LogP contribution in [-0.2, 0) is 0 Å². The second kappa shape index (κ2) is 6.10. The van der Waals surface area contributed by atoms with Gasteiger partial charge in [-0.3, -0.25) is 0 Å². The Labute approximate surface area is 132 Å². The molecule has 0 spiro atoms. The fraction of sp³-hybridized carbons (Fsp3) is 0.500. The van der Waals surface area contributed by atoms with Gasteiger partial charge in [0.05, 0.1) is 6.20 Å². The standard InChI is InChI=1S/C14H18ClN5O2/c1-7-4-8(6-21)5-9(7)18-12-10(13-17-2-3-22-13)11(15)19-14(16)20-12/h2-3,7-9,21H,4-6H2,1H3,(H3,16,18,19,20)/t7-,8-,9-/m1/s1. The lowest BCUT2D eigenvalue weighted by Gasteiger charge is -2.19. The third-order valence-corrected chi connectivity index (χ3v) is 4.36. The van der Waals surface area contributed by atoms with Gasteiger partial charge in [-0.2, -0.15) is 4.98 Å². The lowest BCUT2D eigenvalue weighted by Crippen LogP contribution is -2.23. The van der Waals surface area contributed by atoms with E-state index in [0.29, 0.717) is 29.1 Å². The number of nitrogens with two attached hydrogens (primary N) is 1. The normalized spacial score (nSPS) is 24.6. The molecule has 2 aromatic heterocycles. The summed E-state index contributed by atoms with van der Waals surface area (Å²) in [5, 5.41) is 12.9. The summed E-state index contributed by atoms with van der Waals surface area (Å²) in [5.41, 5.74) is 6.21. The first kappa shape index (κ1) is 15.1. The van der Waals surface area contributed by atoms with Crippen LogP contribution < -0.4 is 11.1 Å². The molecule has 0 unspecified atom stereocenters. The van der Waals surface area contributed by atoms with Crippen molar-refractivity contribution in [3.63, 3.8) is 0 Å². The highest BCUT2D eigenvalue weighted by Crippen LogP contribution is 2.37. The molecule has 0 aromatic carbocycles. The third-order valence-electron chi connectivity index (χ3n) is 4.09. The number of hydrogen-bond donors (Lipinski definition) is 3. The molecule has 7 nitrogen and oxygen atoms in total. The van der Waals surface area contributed by atoms with Gasteiger partial charge in [-0.1, -0.05) is 18.5 Å². The van der Waals surface area contributed by atoms with Crippen molar-refractivity contribution in [2.75, 3.05) is 17.7 Å². The fourth-order valence-corrected chi connectivity index (χ4v) is 3.25. The second-order valence-electron chi connectivity index (χ2n) is 5.68. The smallest absolute Gasteiger partial charge is 0.232 e. The number of nitrogen functional groups attached to an aromatic ring is 1. The van der Waals surface area contributed by atoms with Crippen molar-refractivity contribution in [2.45, 2.75) is 25.8 Å². The molecule has 4 N–H and O–H groups in total. The minimum atomic E-state index is 0.0900. The number of rotatable bonds is 4. The molecule has 0 bridgehead atoms. The van der Waals surface area contributed by atoms with Crippen molar-refractivity contribution in [3.05, 3.63) is 17.6 Å². The topological polar surface area (TPSA) is 110 Å². The Morgan fingerprint density at radius 3 is 2.91 bits per heavy atom. The molecule has 3 rings (SSSR count). The maximum atomic E-state index is 9.34. The van der Waals surface area contributed by atoms with Crippen LogP contribution in [-0.4, -0.2) is 32.7 Å². The molecule has 2 aromatic rings. The highest BCUT2D eigenvalue weighted by Gasteiger charge is 2.32. The Balaban J connectivity index is 1.93. The van der Waals surface area contributed by atoms with E-state index in [-0.39, 0.29) is 23.8 Å². The van der Waals surface area contributed by atoms with Crippen LogP contribution in [0.5, 0.6) is 0 Å². The van der Waals surface area contributed by atoms with Crippen LogP contribution in [0.3, 0.4) is 0 Å². The molecule has 3 atom stereocenters. The van der Waals surface area contributed by atoms with E-state index in [2.05, 4.69) is 27.2 Å². The zero-order chi connectivity index (χ0) is 15.7. The fourth-order valence-electron chi connectivity index (χ4n) is 2.99. The average molecular weight is 324 g/mol. The van der Waals surface area contributed by atoms with Crippen molar-refractivity contribution < 1.29 is 9.52 Å². The van der Waals surface area contributed by atoms with Gasteiger partial charge >= 0.3 is 0 Å². The van der Waals surface area contributed by atoms with Gasteiger partial charge in [-0.25, -0.2) is 9.97 Å². The summed E-state index contributed by atoms with van der Waals surface area (Å²) >= 11 is 6.19. The van der Waals surface area contributed by atoms with Gasteiger partial charge in [0.25, 0.3) is 0 Å². The number of aliphatic hydroxyl groups excluding tert-OH is 1.